The number of ether oxygens (including phenoxy) is 2. The first-order valence-corrected chi connectivity index (χ1v) is 10.1. The first-order valence-electron chi connectivity index (χ1n) is 10.1. The van der Waals surface area contributed by atoms with Crippen molar-refractivity contribution in [1.82, 2.24) is 10.3 Å². The quantitative estimate of drug-likeness (QED) is 0.530. The van der Waals surface area contributed by atoms with Crippen LogP contribution in [0.4, 0.5) is 0 Å². The lowest BCUT2D eigenvalue weighted by Crippen LogP contribution is -2.38. The van der Waals surface area contributed by atoms with Gasteiger partial charge in [0, 0.05) is 13.1 Å². The lowest BCUT2D eigenvalue weighted by atomic mass is 10.1. The number of benzene rings is 1. The summed E-state index contributed by atoms with van der Waals surface area (Å²) in [4.78, 5) is 26.2. The zero-order valence-electron chi connectivity index (χ0n) is 17.3. The van der Waals surface area contributed by atoms with Crippen molar-refractivity contribution < 1.29 is 23.5 Å². The summed E-state index contributed by atoms with van der Waals surface area (Å²) < 4.78 is 16.5. The highest BCUT2D eigenvalue weighted by Gasteiger charge is 2.17. The van der Waals surface area contributed by atoms with Crippen LogP contribution >= 0.6 is 0 Å². The van der Waals surface area contributed by atoms with Crippen molar-refractivity contribution in [2.45, 2.75) is 33.1 Å². The Labute approximate surface area is 175 Å². The number of rotatable bonds is 8. The fraction of sp³-hybridized carbons (Fsp3) is 0.409. The minimum atomic E-state index is -0.348. The lowest BCUT2D eigenvalue weighted by Gasteiger charge is -2.26. The number of likely N-dealkylation sites (tertiary alicyclic amines) is 1. The van der Waals surface area contributed by atoms with Gasteiger partial charge in [-0.15, -0.1) is 0 Å². The number of nitrogens with one attached hydrogen (secondary N) is 1. The molecular formula is C22H27N3O5. The van der Waals surface area contributed by atoms with Crippen molar-refractivity contribution in [3.05, 3.63) is 47.4 Å². The number of furan rings is 1. The van der Waals surface area contributed by atoms with Gasteiger partial charge < -0.3 is 18.8 Å². The molecule has 0 saturated carbocycles. The summed E-state index contributed by atoms with van der Waals surface area (Å²) in [5.41, 5.74) is 3.62. The number of amides is 2. The molecule has 2 amide bonds. The van der Waals surface area contributed by atoms with E-state index < -0.39 is 0 Å². The van der Waals surface area contributed by atoms with Crippen LogP contribution in [0.5, 0.6) is 11.5 Å². The maximum absolute atomic E-state index is 12.3. The molecule has 1 fully saturated rings. The predicted octanol–water partition coefficient (Wildman–Crippen LogP) is 3.14. The maximum Gasteiger partial charge on any atom is 0.274 e. The van der Waals surface area contributed by atoms with Crippen molar-refractivity contribution in [2.75, 3.05) is 26.3 Å². The number of hydrogen-bond donors (Lipinski definition) is 1. The number of carbonyl (C=O) groups is 2. The Bertz CT molecular complexity index is 900. The summed E-state index contributed by atoms with van der Waals surface area (Å²) >= 11 is 0. The maximum atomic E-state index is 12.3. The SMILES string of the molecule is CCOc1cc(/C=N/NC(=O)c2ccoc2C)ccc1OCC(=O)N1CCCCC1. The van der Waals surface area contributed by atoms with Gasteiger partial charge in [0.25, 0.3) is 11.8 Å². The topological polar surface area (TPSA) is 93.4 Å². The predicted molar refractivity (Wildman–Crippen MR) is 112 cm³/mol. The molecule has 8 heteroatoms. The van der Waals surface area contributed by atoms with Crippen LogP contribution < -0.4 is 14.9 Å². The van der Waals surface area contributed by atoms with Crippen molar-refractivity contribution >= 4 is 18.0 Å². The standard InChI is InChI=1S/C22H27N3O5/c1-3-28-20-13-17(14-23-24-22(27)18-9-12-29-16(18)2)7-8-19(20)30-15-21(26)25-10-5-4-6-11-25/h7-9,12-14H,3-6,10-11,15H2,1-2H3,(H,24,27)/b23-14+. The summed E-state index contributed by atoms with van der Waals surface area (Å²) in [6, 6.07) is 6.85. The monoisotopic (exact) mass is 413 g/mol. The first-order chi connectivity index (χ1) is 14.6. The summed E-state index contributed by atoms with van der Waals surface area (Å²) in [7, 11) is 0. The van der Waals surface area contributed by atoms with Gasteiger partial charge in [-0.2, -0.15) is 5.10 Å². The number of aryl methyl sites for hydroxylation is 1. The van der Waals surface area contributed by atoms with Crippen LogP contribution in [0, 0.1) is 6.92 Å². The van der Waals surface area contributed by atoms with E-state index in [0.29, 0.717) is 29.4 Å². The van der Waals surface area contributed by atoms with E-state index >= 15 is 0 Å². The Kier molecular flexibility index (Phi) is 7.48. The molecule has 1 aliphatic heterocycles. The first kappa shape index (κ1) is 21.4. The summed E-state index contributed by atoms with van der Waals surface area (Å²) in [5.74, 6) is 1.18. The minimum absolute atomic E-state index is 0.0139. The van der Waals surface area contributed by atoms with E-state index in [9.17, 15) is 9.59 Å². The highest BCUT2D eigenvalue weighted by atomic mass is 16.5. The fourth-order valence-electron chi connectivity index (χ4n) is 3.21. The van der Waals surface area contributed by atoms with E-state index in [4.69, 9.17) is 13.9 Å². The van der Waals surface area contributed by atoms with E-state index in [0.717, 1.165) is 31.5 Å². The zero-order chi connectivity index (χ0) is 21.3. The van der Waals surface area contributed by atoms with Gasteiger partial charge in [-0.3, -0.25) is 9.59 Å². The van der Waals surface area contributed by atoms with E-state index in [1.165, 1.54) is 18.9 Å². The van der Waals surface area contributed by atoms with E-state index in [1.54, 1.807) is 31.2 Å². The largest absolute Gasteiger partial charge is 0.490 e. The van der Waals surface area contributed by atoms with Crippen molar-refractivity contribution in [2.24, 2.45) is 5.10 Å². The number of hydrogen-bond acceptors (Lipinski definition) is 6. The molecule has 3 rings (SSSR count). The van der Waals surface area contributed by atoms with Crippen molar-refractivity contribution in [1.29, 1.82) is 0 Å². The average Bonchev–Trinajstić information content (AvgIpc) is 3.19. The second-order valence-corrected chi connectivity index (χ2v) is 6.96. The number of carbonyl (C=O) groups excluding carboxylic acids is 2. The Balaban J connectivity index is 1.60. The van der Waals surface area contributed by atoms with Crippen LogP contribution in [0.15, 0.2) is 40.0 Å². The van der Waals surface area contributed by atoms with Gasteiger partial charge in [0.15, 0.2) is 18.1 Å². The molecule has 2 aromatic rings. The van der Waals surface area contributed by atoms with E-state index in [2.05, 4.69) is 10.5 Å². The number of hydrazone groups is 1. The normalized spacial score (nSPS) is 14.0. The van der Waals surface area contributed by atoms with Gasteiger partial charge in [-0.05, 0) is 62.9 Å². The van der Waals surface area contributed by atoms with Gasteiger partial charge in [0.2, 0.25) is 0 Å². The third-order valence-corrected chi connectivity index (χ3v) is 4.81. The molecular weight excluding hydrogens is 386 g/mol. The van der Waals surface area contributed by atoms with Crippen molar-refractivity contribution in [3.8, 4) is 11.5 Å². The molecule has 0 aliphatic carbocycles. The summed E-state index contributed by atoms with van der Waals surface area (Å²) in [6.45, 7) is 5.60. The van der Waals surface area contributed by atoms with Gasteiger partial charge >= 0.3 is 0 Å². The van der Waals surface area contributed by atoms with Crippen LogP contribution in [-0.2, 0) is 4.79 Å². The van der Waals surface area contributed by atoms with Crippen LogP contribution in [-0.4, -0.2) is 49.2 Å². The lowest BCUT2D eigenvalue weighted by molar-refractivity contribution is -0.134. The molecule has 2 heterocycles. The highest BCUT2D eigenvalue weighted by molar-refractivity contribution is 5.95. The summed E-state index contributed by atoms with van der Waals surface area (Å²) in [5, 5.41) is 3.98. The highest BCUT2D eigenvalue weighted by Crippen LogP contribution is 2.28. The molecule has 0 spiro atoms. The van der Waals surface area contributed by atoms with Crippen LogP contribution in [0.25, 0.3) is 0 Å². The third kappa shape index (κ3) is 5.62. The third-order valence-electron chi connectivity index (χ3n) is 4.81. The Hall–Kier alpha value is -3.29. The van der Waals surface area contributed by atoms with Crippen LogP contribution in [0.3, 0.4) is 0 Å². The van der Waals surface area contributed by atoms with Gasteiger partial charge in [0.1, 0.15) is 5.76 Å². The molecule has 30 heavy (non-hydrogen) atoms. The number of nitrogens with zero attached hydrogens (tertiary/aromatic N) is 2. The molecule has 0 unspecified atom stereocenters. The molecule has 0 atom stereocenters. The molecule has 0 radical (unpaired) electrons. The van der Waals surface area contributed by atoms with E-state index in [-0.39, 0.29) is 18.4 Å². The molecule has 1 N–H and O–H groups in total. The second-order valence-electron chi connectivity index (χ2n) is 6.96. The average molecular weight is 413 g/mol. The van der Waals surface area contributed by atoms with Crippen molar-refractivity contribution in [3.63, 3.8) is 0 Å². The Morgan fingerprint density at radius 2 is 1.97 bits per heavy atom. The molecule has 8 nitrogen and oxygen atoms in total. The molecule has 0 bridgehead atoms. The van der Waals surface area contributed by atoms with Crippen LogP contribution in [0.2, 0.25) is 0 Å². The molecule has 1 aromatic carbocycles. The second kappa shape index (κ2) is 10.5. The van der Waals surface area contributed by atoms with Crippen LogP contribution in [0.1, 0.15) is 47.9 Å². The Morgan fingerprint density at radius 3 is 2.67 bits per heavy atom. The zero-order valence-corrected chi connectivity index (χ0v) is 17.3. The minimum Gasteiger partial charge on any atom is -0.490 e. The van der Waals surface area contributed by atoms with E-state index in [1.807, 2.05) is 11.8 Å². The van der Waals surface area contributed by atoms with Gasteiger partial charge in [-0.1, -0.05) is 0 Å². The fourth-order valence-corrected chi connectivity index (χ4v) is 3.21. The molecule has 1 aromatic heterocycles. The molecule has 160 valence electrons. The van der Waals surface area contributed by atoms with Gasteiger partial charge in [0.05, 0.1) is 24.6 Å². The smallest absolute Gasteiger partial charge is 0.274 e. The number of piperidine rings is 1. The summed E-state index contributed by atoms with van der Waals surface area (Å²) in [6.07, 6.45) is 6.22. The van der Waals surface area contributed by atoms with Gasteiger partial charge in [-0.25, -0.2) is 5.43 Å². The Morgan fingerprint density at radius 1 is 1.17 bits per heavy atom. The molecule has 1 saturated heterocycles. The molecule has 1 aliphatic rings.